The Labute approximate surface area is 899 Å². The minimum absolute atomic E-state index is 0.238. The number of aromatic nitrogens is 3. The third kappa shape index (κ3) is 29.0. The fourth-order valence-corrected chi connectivity index (χ4v) is 21.6. The van der Waals surface area contributed by atoms with Crippen molar-refractivity contribution in [3.05, 3.63) is 216 Å². The summed E-state index contributed by atoms with van der Waals surface area (Å²) in [5.41, 5.74) is 14.7. The molecule has 784 valence electrons. The van der Waals surface area contributed by atoms with Gasteiger partial charge >= 0.3 is 43.3 Å². The number of amides is 3. The minimum atomic E-state index is -1.17. The molecule has 34 heteroatoms. The summed E-state index contributed by atoms with van der Waals surface area (Å²) < 4.78 is 61.5. The second kappa shape index (κ2) is 46.1. The number of methoxy groups -OCH3 is 2. The largest absolute Gasteiger partial charge is 0.494 e. The molecule has 7 heterocycles. The van der Waals surface area contributed by atoms with Gasteiger partial charge in [-0.25, -0.2) is 43.7 Å². The summed E-state index contributed by atoms with van der Waals surface area (Å²) >= 11 is 26.7. The van der Waals surface area contributed by atoms with Gasteiger partial charge in [-0.15, -0.1) is 34.0 Å². The van der Waals surface area contributed by atoms with Gasteiger partial charge in [0.25, 0.3) is 0 Å². The van der Waals surface area contributed by atoms with Gasteiger partial charge in [0.1, 0.15) is 26.8 Å². The fourth-order valence-electron chi connectivity index (χ4n) is 17.5. The number of carboxylic acid groups (broad SMARTS) is 1. The number of carbonyl (C=O) groups excluding carboxylic acids is 5. The van der Waals surface area contributed by atoms with Crippen LogP contribution in [0.15, 0.2) is 168 Å². The third-order valence-electron chi connectivity index (χ3n) is 24.9. The first-order valence-corrected chi connectivity index (χ1v) is 53.6. The van der Waals surface area contributed by atoms with Crippen molar-refractivity contribution in [1.82, 2.24) is 29.7 Å². The fraction of sp³-hybridized carbons (Fsp3) is 0.442. The number of piperazine rings is 3. The normalized spacial score (nSPS) is 15.8. The Hall–Kier alpha value is -10.5. The molecule has 0 saturated carbocycles. The molecule has 3 aromatic heterocycles. The molecule has 4 fully saturated rings. The predicted molar refractivity (Wildman–Crippen MR) is 598 cm³/mol. The molecule has 4 aliphatic rings. The number of hydrogen-bond acceptors (Lipinski definition) is 25. The molecule has 0 bridgehead atoms. The van der Waals surface area contributed by atoms with E-state index in [2.05, 4.69) is 106 Å². The van der Waals surface area contributed by atoms with Gasteiger partial charge in [-0.2, -0.15) is 0 Å². The highest BCUT2D eigenvalue weighted by atomic mass is 79.9. The highest BCUT2D eigenvalue weighted by molar-refractivity contribution is 9.11. The Morgan fingerprint density at radius 3 is 0.966 bits per heavy atom. The van der Waals surface area contributed by atoms with E-state index in [1.807, 2.05) is 267 Å². The van der Waals surface area contributed by atoms with Crippen molar-refractivity contribution in [1.29, 1.82) is 0 Å². The first kappa shape index (κ1) is 114. The van der Waals surface area contributed by atoms with Crippen molar-refractivity contribution in [2.45, 2.75) is 236 Å². The van der Waals surface area contributed by atoms with E-state index < -0.39 is 69.8 Å². The average Bonchev–Trinajstić information content (AvgIpc) is 1.74. The van der Waals surface area contributed by atoms with E-state index in [1.165, 1.54) is 36.9 Å². The molecule has 9 aromatic carbocycles. The van der Waals surface area contributed by atoms with Crippen molar-refractivity contribution in [3.8, 4) is 54.5 Å². The van der Waals surface area contributed by atoms with Crippen LogP contribution in [0, 0.1) is 20.8 Å². The smallest absolute Gasteiger partial charge is 0.479 e. The van der Waals surface area contributed by atoms with Crippen LogP contribution in [0.4, 0.5) is 31.4 Å². The summed E-state index contributed by atoms with van der Waals surface area (Å²) in [4.78, 5) is 103. The van der Waals surface area contributed by atoms with Crippen LogP contribution in [0.1, 0.15) is 204 Å². The van der Waals surface area contributed by atoms with Crippen molar-refractivity contribution in [2.75, 3.05) is 107 Å². The molecule has 4 saturated heterocycles. The van der Waals surface area contributed by atoms with Gasteiger partial charge in [0, 0.05) is 155 Å². The van der Waals surface area contributed by atoms with Crippen LogP contribution >= 0.6 is 84.7 Å². The Kier molecular flexibility index (Phi) is 35.7. The molecule has 3 atom stereocenters. The number of anilines is 3. The van der Waals surface area contributed by atoms with Crippen LogP contribution in [-0.2, 0) is 61.6 Å². The first-order chi connectivity index (χ1) is 68.7. The number of aryl methyl sites for hydroxylation is 3. The molecule has 147 heavy (non-hydrogen) atoms. The SMILES string of the molecule is CC(C)(C)OC(=O)N1CCN(c2cccc(B3OC(C)(C)C(C)(C)O3)c2)CC1.COC(=O)[C@@H](OC(C)(C)C)c1c(C)cc2nc(-c3cccc(N4CCN(C(=O)OC(C)(C)C)CC4)c3)sc2c1-c1ccc(Cl)cc1.COC(=O)[C@@H](OC(C)(C)C)c1c(C)cc2nc(Br)sc2c1-c1ccc(Cl)cc1.Cc1cc2nc(-c3cccc(N4CCN(C(=O)OC(C)(C)C)CC4)c3)sc2c(-c2ccc(Cl)cc2)c1[C@H](OC(C)(C)C)C(=O)O. The van der Waals surface area contributed by atoms with E-state index >= 15 is 0 Å². The summed E-state index contributed by atoms with van der Waals surface area (Å²) in [6, 6.07) is 53.5. The van der Waals surface area contributed by atoms with Crippen LogP contribution < -0.4 is 20.2 Å². The highest BCUT2D eigenvalue weighted by Crippen LogP contribution is 2.50. The second-order valence-corrected chi connectivity index (χ2v) is 49.5. The molecular formula is C113H136BBrCl3N9O17S3. The monoisotopic (exact) mass is 2180 g/mol. The zero-order valence-electron chi connectivity index (χ0n) is 89.1. The average molecular weight is 2190 g/mol. The second-order valence-electron chi connectivity index (χ2n) is 43.9. The number of esters is 2. The number of halogens is 4. The topological polar surface area (TPSA) is 273 Å². The zero-order chi connectivity index (χ0) is 107. The van der Waals surface area contributed by atoms with Crippen molar-refractivity contribution >= 4 is 181 Å². The molecule has 0 spiro atoms. The van der Waals surface area contributed by atoms with Crippen LogP contribution in [0.25, 0.3) is 85.2 Å². The summed E-state index contributed by atoms with van der Waals surface area (Å²) in [6.45, 7) is 56.1. The van der Waals surface area contributed by atoms with Gasteiger partial charge in [-0.1, -0.05) is 108 Å². The number of ether oxygens (including phenoxy) is 8. The quantitative estimate of drug-likeness (QED) is 0.0475. The van der Waals surface area contributed by atoms with Gasteiger partial charge in [0.05, 0.1) is 72.9 Å². The van der Waals surface area contributed by atoms with Crippen LogP contribution in [-0.4, -0.2) is 216 Å². The van der Waals surface area contributed by atoms with Crippen molar-refractivity contribution < 1.29 is 81.1 Å². The van der Waals surface area contributed by atoms with Gasteiger partial charge < -0.3 is 81.7 Å². The molecular weight excluding hydrogens is 2050 g/mol. The van der Waals surface area contributed by atoms with Gasteiger partial charge in [0.2, 0.25) is 0 Å². The van der Waals surface area contributed by atoms with Gasteiger partial charge in [0.15, 0.2) is 22.2 Å². The third-order valence-corrected chi connectivity index (χ3v) is 29.5. The summed E-state index contributed by atoms with van der Waals surface area (Å²) in [5.74, 6) is -1.94. The minimum Gasteiger partial charge on any atom is -0.479 e. The van der Waals surface area contributed by atoms with Crippen molar-refractivity contribution in [3.63, 3.8) is 0 Å². The van der Waals surface area contributed by atoms with E-state index in [9.17, 15) is 33.9 Å². The summed E-state index contributed by atoms with van der Waals surface area (Å²) in [7, 11) is 2.39. The molecule has 0 radical (unpaired) electrons. The lowest BCUT2D eigenvalue weighted by Gasteiger charge is -2.37. The lowest BCUT2D eigenvalue weighted by Crippen LogP contribution is -2.50. The number of carbonyl (C=O) groups is 6. The van der Waals surface area contributed by atoms with E-state index in [-0.39, 0.29) is 36.6 Å². The number of benzene rings is 9. The maximum absolute atomic E-state index is 13.2. The number of aliphatic carboxylic acids is 1. The number of rotatable bonds is 18. The van der Waals surface area contributed by atoms with Crippen LogP contribution in [0.3, 0.4) is 0 Å². The van der Waals surface area contributed by atoms with E-state index in [0.29, 0.717) is 86.1 Å². The highest BCUT2D eigenvalue weighted by Gasteiger charge is 2.52. The Morgan fingerprint density at radius 1 is 0.381 bits per heavy atom. The molecule has 1 N–H and O–H groups in total. The standard InChI is InChI=1S/C36H42ClN3O5S.C35H40ClN3O5S.C21H33BN2O4.C21H21BrClNO3S/c1-22-20-27-31(29(23-12-14-25(37)15-13-23)28(22)30(33(41)43-8)44-35(2,3)4)46-32(38-27)24-10-9-11-26(21-24)39-16-18-40(19-17-39)34(42)45-36(5,6)7;1-21-19-26-30(28(22-11-13-24(36)14-12-22)27(21)29(32(40)41)43-34(2,3)4)45-31(37-26)23-9-8-10-25(20-23)38-15-17-39(18-16-38)33(42)44-35(5,6)7;1-19(2,3)26-18(25)24-13-11-23(12-14-24)17-10-8-9-16(15-17)22-27-20(4,5)21(6,7)28-22;1-11-10-14-18(28-20(22)24-14)16(12-6-8-13(23)9-7-12)15(11)17(19(25)26-5)27-21(2,3)4/h9-15,20-21,30H,16-19H2,1-8H3;8-14,19-20,29H,15-18H2,1-7H3,(H,40,41);8-10,15H,11-14H2,1-7H3;6-10,17H,1-5H3/t30-;29-;;17-/m00.0/s1. The number of thiazole rings is 3. The summed E-state index contributed by atoms with van der Waals surface area (Å²) in [6.07, 6.45) is -3.76. The number of nitrogens with zero attached hydrogens (tertiary/aromatic N) is 9. The molecule has 0 aliphatic carbocycles. The van der Waals surface area contributed by atoms with Crippen LogP contribution in [0.5, 0.6) is 0 Å². The van der Waals surface area contributed by atoms with Crippen molar-refractivity contribution in [2.24, 2.45) is 0 Å². The molecule has 16 rings (SSSR count). The Morgan fingerprint density at radius 2 is 0.667 bits per heavy atom. The number of hydrogen-bond donors (Lipinski definition) is 1. The van der Waals surface area contributed by atoms with E-state index in [4.69, 9.17) is 92.0 Å². The van der Waals surface area contributed by atoms with Gasteiger partial charge in [-0.3, -0.25) is 0 Å². The Balaban J connectivity index is 0.000000168. The molecule has 12 aromatic rings. The van der Waals surface area contributed by atoms with Crippen LogP contribution in [0.2, 0.25) is 15.1 Å². The molecule has 3 amide bonds. The molecule has 26 nitrogen and oxygen atoms in total. The lowest BCUT2D eigenvalue weighted by atomic mass is 9.79. The maximum Gasteiger partial charge on any atom is 0.494 e. The van der Waals surface area contributed by atoms with Gasteiger partial charge in [-0.05, 0) is 319 Å². The van der Waals surface area contributed by atoms with E-state index in [0.717, 1.165) is 153 Å². The first-order valence-electron chi connectivity index (χ1n) is 49.2. The maximum atomic E-state index is 13.2. The molecule has 0 unspecified atom stereocenters. The summed E-state index contributed by atoms with van der Waals surface area (Å²) in [5, 5.41) is 13.9. The number of carboxylic acids is 1. The molecule has 4 aliphatic heterocycles. The zero-order valence-corrected chi connectivity index (χ0v) is 95.4. The predicted octanol–water partition coefficient (Wildman–Crippen LogP) is 27.0. The Bertz CT molecular complexity index is 6740. The van der Waals surface area contributed by atoms with E-state index in [1.54, 1.807) is 26.0 Å². The lowest BCUT2D eigenvalue weighted by molar-refractivity contribution is -0.164. The number of fused-ring (bicyclic) bond motifs is 3.